The van der Waals surface area contributed by atoms with E-state index in [1.807, 2.05) is 78.9 Å². The highest BCUT2D eigenvalue weighted by atomic mass is 16.3. The van der Waals surface area contributed by atoms with E-state index >= 15 is 0 Å². The molecule has 5 aromatic carbocycles. The second kappa shape index (κ2) is 6.41. The fourth-order valence-electron chi connectivity index (χ4n) is 4.52. The molecule has 0 bridgehead atoms. The van der Waals surface area contributed by atoms with Gasteiger partial charge in [-0.15, -0.1) is 0 Å². The Labute approximate surface area is 178 Å². The lowest BCUT2D eigenvalue weighted by Gasteiger charge is -2.24. The van der Waals surface area contributed by atoms with Crippen LogP contribution >= 0.6 is 0 Å². The van der Waals surface area contributed by atoms with Crippen molar-refractivity contribution >= 4 is 21.5 Å². The lowest BCUT2D eigenvalue weighted by molar-refractivity contribution is 0.478. The summed E-state index contributed by atoms with van der Waals surface area (Å²) in [7, 11) is 0. The first-order valence-corrected chi connectivity index (χ1v) is 10.2. The van der Waals surface area contributed by atoms with Gasteiger partial charge < -0.3 is 10.2 Å². The monoisotopic (exact) mass is 402 g/mol. The van der Waals surface area contributed by atoms with Crippen LogP contribution in [0.15, 0.2) is 107 Å². The van der Waals surface area contributed by atoms with Gasteiger partial charge in [0, 0.05) is 27.3 Å². The minimum atomic E-state index is -0.952. The van der Waals surface area contributed by atoms with E-state index in [1.54, 1.807) is 18.2 Å². The third kappa shape index (κ3) is 2.42. The predicted octanol–water partition coefficient (Wildman–Crippen LogP) is 4.56. The fourth-order valence-corrected chi connectivity index (χ4v) is 4.52. The summed E-state index contributed by atoms with van der Waals surface area (Å²) in [5.74, 6) is 0.245. The predicted molar refractivity (Wildman–Crippen MR) is 121 cm³/mol. The van der Waals surface area contributed by atoms with Crippen LogP contribution in [0.2, 0.25) is 0 Å². The molecule has 0 radical (unpaired) electrons. The largest absolute Gasteiger partial charge is 0.507 e. The van der Waals surface area contributed by atoms with Crippen LogP contribution < -0.4 is 10.7 Å². The Hall–Kier alpha value is -4.18. The quantitative estimate of drug-likeness (QED) is 0.336. The van der Waals surface area contributed by atoms with Gasteiger partial charge in [0.25, 0.3) is 0 Å². The molecule has 0 aromatic heterocycles. The van der Waals surface area contributed by atoms with Crippen LogP contribution in [-0.4, -0.2) is 10.2 Å². The van der Waals surface area contributed by atoms with Gasteiger partial charge >= 0.3 is 0 Å². The van der Waals surface area contributed by atoms with Crippen LogP contribution in [0.5, 0.6) is 11.5 Å². The molecule has 0 aliphatic carbocycles. The van der Waals surface area contributed by atoms with Crippen molar-refractivity contribution in [3.63, 3.8) is 0 Å². The summed E-state index contributed by atoms with van der Waals surface area (Å²) in [5.41, 5.74) is 0.928. The molecule has 0 amide bonds. The van der Waals surface area contributed by atoms with Crippen molar-refractivity contribution in [2.75, 3.05) is 0 Å². The van der Waals surface area contributed by atoms with E-state index < -0.39 is 5.66 Å². The molecule has 1 heterocycles. The molecule has 148 valence electrons. The smallest absolute Gasteiger partial charge is 0.202 e. The van der Waals surface area contributed by atoms with Gasteiger partial charge in [-0.3, -0.25) is 0 Å². The zero-order valence-corrected chi connectivity index (χ0v) is 16.5. The van der Waals surface area contributed by atoms with E-state index in [4.69, 9.17) is 9.98 Å². The summed E-state index contributed by atoms with van der Waals surface area (Å²) in [4.78, 5) is 10.2. The Balaban J connectivity index is 1.79. The molecule has 5 aromatic rings. The fraction of sp³-hybridized carbons (Fsp3) is 0.0370. The number of rotatable bonds is 2. The lowest BCUT2D eigenvalue weighted by Crippen LogP contribution is -2.22. The van der Waals surface area contributed by atoms with Crippen LogP contribution in [0.3, 0.4) is 0 Å². The second-order valence-electron chi connectivity index (χ2n) is 7.73. The van der Waals surface area contributed by atoms with Crippen LogP contribution in [-0.2, 0) is 5.66 Å². The number of nitrogens with zero attached hydrogens (tertiary/aromatic N) is 2. The third-order valence-electron chi connectivity index (χ3n) is 5.99. The summed E-state index contributed by atoms with van der Waals surface area (Å²) in [6.07, 6.45) is 0. The Morgan fingerprint density at radius 2 is 1.06 bits per heavy atom. The van der Waals surface area contributed by atoms with E-state index in [-0.39, 0.29) is 11.5 Å². The zero-order valence-electron chi connectivity index (χ0n) is 16.5. The maximum Gasteiger partial charge on any atom is 0.202 e. The molecule has 0 saturated carbocycles. The molecule has 2 N–H and O–H groups in total. The first-order valence-electron chi connectivity index (χ1n) is 10.2. The Bertz CT molecular complexity index is 1550. The Morgan fingerprint density at radius 1 is 0.516 bits per heavy atom. The maximum atomic E-state index is 11.2. The first kappa shape index (κ1) is 17.7. The van der Waals surface area contributed by atoms with Gasteiger partial charge in [-0.25, -0.2) is 9.98 Å². The van der Waals surface area contributed by atoms with Crippen LogP contribution in [0.4, 0.5) is 0 Å². The summed E-state index contributed by atoms with van der Waals surface area (Å²) in [6.45, 7) is 0. The second-order valence-corrected chi connectivity index (χ2v) is 7.73. The van der Waals surface area contributed by atoms with Gasteiger partial charge in [0.2, 0.25) is 5.66 Å². The molecule has 31 heavy (non-hydrogen) atoms. The van der Waals surface area contributed by atoms with E-state index in [1.165, 1.54) is 0 Å². The van der Waals surface area contributed by atoms with Gasteiger partial charge in [-0.05, 0) is 12.1 Å². The summed E-state index contributed by atoms with van der Waals surface area (Å²) < 4.78 is 0. The van der Waals surface area contributed by atoms with Gasteiger partial charge in [-0.1, -0.05) is 84.9 Å². The summed E-state index contributed by atoms with van der Waals surface area (Å²) in [5, 5.41) is 25.7. The Morgan fingerprint density at radius 3 is 1.68 bits per heavy atom. The lowest BCUT2D eigenvalue weighted by atomic mass is 9.92. The Kier molecular flexibility index (Phi) is 3.65. The highest BCUT2D eigenvalue weighted by Gasteiger charge is 2.36. The number of phenols is 2. The number of hydrogen-bond acceptors (Lipinski definition) is 4. The van der Waals surface area contributed by atoms with Gasteiger partial charge in [0.05, 0.1) is 16.1 Å². The van der Waals surface area contributed by atoms with Crippen molar-refractivity contribution in [1.29, 1.82) is 0 Å². The minimum Gasteiger partial charge on any atom is -0.507 e. The average Bonchev–Trinajstić information content (AvgIpc) is 3.24. The number of phenolic OH excluding ortho intramolecular Hbond substituents is 2. The van der Waals surface area contributed by atoms with Crippen molar-refractivity contribution in [2.45, 2.75) is 5.66 Å². The van der Waals surface area contributed by atoms with E-state index in [2.05, 4.69) is 0 Å². The van der Waals surface area contributed by atoms with Gasteiger partial charge in [0.1, 0.15) is 11.5 Å². The first-order chi connectivity index (χ1) is 15.2. The average molecular weight is 402 g/mol. The normalized spacial score (nSPS) is 14.2. The maximum absolute atomic E-state index is 11.2. The van der Waals surface area contributed by atoms with Crippen molar-refractivity contribution in [3.8, 4) is 11.5 Å². The molecular weight excluding hydrogens is 384 g/mol. The molecule has 0 spiro atoms. The molecule has 1 aliphatic heterocycles. The topological polar surface area (TPSA) is 65.2 Å². The molecule has 0 atom stereocenters. The number of aromatic hydroxyl groups is 2. The van der Waals surface area contributed by atoms with Gasteiger partial charge in [-0.2, -0.15) is 0 Å². The van der Waals surface area contributed by atoms with E-state index in [9.17, 15) is 10.2 Å². The van der Waals surface area contributed by atoms with Crippen LogP contribution in [0.1, 0.15) is 11.1 Å². The highest BCUT2D eigenvalue weighted by molar-refractivity contribution is 6.10. The summed E-state index contributed by atoms with van der Waals surface area (Å²) >= 11 is 0. The number of fused-ring (bicyclic) bond motifs is 4. The van der Waals surface area contributed by atoms with Crippen molar-refractivity contribution in [1.82, 2.24) is 0 Å². The number of hydrogen-bond donors (Lipinski definition) is 2. The summed E-state index contributed by atoms with van der Waals surface area (Å²) in [6, 6.07) is 30.9. The van der Waals surface area contributed by atoms with E-state index in [0.29, 0.717) is 32.3 Å². The minimum absolute atomic E-state index is 0.108. The van der Waals surface area contributed by atoms with Crippen LogP contribution in [0.25, 0.3) is 21.5 Å². The molecule has 0 unspecified atom stereocenters. The van der Waals surface area contributed by atoms with Crippen molar-refractivity contribution in [3.05, 3.63) is 119 Å². The molecule has 4 heteroatoms. The molecule has 6 rings (SSSR count). The van der Waals surface area contributed by atoms with Crippen molar-refractivity contribution in [2.24, 2.45) is 9.98 Å². The third-order valence-corrected chi connectivity index (χ3v) is 5.99. The van der Waals surface area contributed by atoms with E-state index in [0.717, 1.165) is 11.1 Å². The van der Waals surface area contributed by atoms with Crippen molar-refractivity contribution < 1.29 is 10.2 Å². The SMILES string of the molecule is Oc1c2ccccc2c(O)c2c3c(ccc12)=NC(c1ccccc1)(c1ccccc1)N=3. The molecular formula is C27H18N2O2. The molecule has 4 nitrogen and oxygen atoms in total. The highest BCUT2D eigenvalue weighted by Crippen LogP contribution is 2.41. The zero-order chi connectivity index (χ0) is 21.0. The number of benzene rings is 5. The van der Waals surface area contributed by atoms with Crippen LogP contribution in [0, 0.1) is 0 Å². The van der Waals surface area contributed by atoms with Gasteiger partial charge in [0.15, 0.2) is 0 Å². The molecule has 0 saturated heterocycles. The standard InChI is InChI=1S/C27H18N2O2/c30-25-19-13-7-8-14-20(19)26(31)23-21(25)15-16-22-24(23)29-27(28-22,17-9-3-1-4-10-17)18-11-5-2-6-12-18/h1-16,30-31H. The molecule has 1 aliphatic rings. The molecule has 0 fully saturated rings.